The van der Waals surface area contributed by atoms with Crippen LogP contribution in [0.3, 0.4) is 0 Å². The van der Waals surface area contributed by atoms with E-state index in [2.05, 4.69) is 10.6 Å². The SMILES string of the molecule is COc1c(C(=O)O)cc(Cl)c2c1NC(C)N2. The normalized spacial score (nSPS) is 17.3. The molecule has 1 aromatic rings. The van der Waals surface area contributed by atoms with Crippen molar-refractivity contribution >= 4 is 28.9 Å². The summed E-state index contributed by atoms with van der Waals surface area (Å²) in [5, 5.41) is 15.6. The highest BCUT2D eigenvalue weighted by molar-refractivity contribution is 6.35. The van der Waals surface area contributed by atoms with Gasteiger partial charge in [-0.3, -0.25) is 0 Å². The van der Waals surface area contributed by atoms with Crippen molar-refractivity contribution in [2.24, 2.45) is 0 Å². The minimum absolute atomic E-state index is 0.00885. The number of hydrogen-bond donors (Lipinski definition) is 3. The monoisotopic (exact) mass is 242 g/mol. The van der Waals surface area contributed by atoms with Crippen LogP contribution in [0.15, 0.2) is 6.07 Å². The molecular weight excluding hydrogens is 232 g/mol. The third-order valence-electron chi connectivity index (χ3n) is 2.39. The van der Waals surface area contributed by atoms with Gasteiger partial charge in [0.15, 0.2) is 5.75 Å². The molecule has 0 aliphatic carbocycles. The molecule has 86 valence electrons. The predicted molar refractivity (Wildman–Crippen MR) is 61.7 cm³/mol. The molecule has 1 heterocycles. The van der Waals surface area contributed by atoms with E-state index in [9.17, 15) is 4.79 Å². The maximum Gasteiger partial charge on any atom is 0.339 e. The number of aromatic carboxylic acids is 1. The third-order valence-corrected chi connectivity index (χ3v) is 2.69. The number of nitrogens with one attached hydrogen (secondary N) is 2. The molecule has 16 heavy (non-hydrogen) atoms. The Morgan fingerprint density at radius 3 is 2.69 bits per heavy atom. The number of rotatable bonds is 2. The quantitative estimate of drug-likeness (QED) is 0.742. The lowest BCUT2D eigenvalue weighted by Gasteiger charge is -2.11. The van der Waals surface area contributed by atoms with E-state index in [-0.39, 0.29) is 11.7 Å². The Hall–Kier alpha value is -1.62. The van der Waals surface area contributed by atoms with Crippen molar-refractivity contribution in [2.45, 2.75) is 13.1 Å². The van der Waals surface area contributed by atoms with Gasteiger partial charge >= 0.3 is 5.97 Å². The van der Waals surface area contributed by atoms with Crippen molar-refractivity contribution < 1.29 is 14.6 Å². The van der Waals surface area contributed by atoms with Crippen molar-refractivity contribution in [3.05, 3.63) is 16.7 Å². The van der Waals surface area contributed by atoms with E-state index in [0.717, 1.165) is 0 Å². The molecule has 6 heteroatoms. The van der Waals surface area contributed by atoms with Crippen molar-refractivity contribution in [2.75, 3.05) is 17.7 Å². The Balaban J connectivity index is 2.65. The maximum absolute atomic E-state index is 11.0. The van der Waals surface area contributed by atoms with Gasteiger partial charge in [0.25, 0.3) is 0 Å². The van der Waals surface area contributed by atoms with E-state index in [4.69, 9.17) is 21.4 Å². The Kier molecular flexibility index (Phi) is 2.55. The number of carboxylic acid groups (broad SMARTS) is 1. The van der Waals surface area contributed by atoms with Crippen LogP contribution in [-0.4, -0.2) is 24.4 Å². The molecule has 0 amide bonds. The molecular formula is C10H11ClN2O3. The Bertz CT molecular complexity index is 462. The van der Waals surface area contributed by atoms with Crippen molar-refractivity contribution in [3.63, 3.8) is 0 Å². The van der Waals surface area contributed by atoms with Crippen LogP contribution in [0.2, 0.25) is 5.02 Å². The van der Waals surface area contributed by atoms with Crippen molar-refractivity contribution in [3.8, 4) is 5.75 Å². The second kappa shape index (κ2) is 3.75. The highest BCUT2D eigenvalue weighted by atomic mass is 35.5. The first kappa shape index (κ1) is 10.9. The first-order chi connectivity index (χ1) is 7.54. The van der Waals surface area contributed by atoms with Gasteiger partial charge in [-0.15, -0.1) is 0 Å². The highest BCUT2D eigenvalue weighted by Crippen LogP contribution is 2.44. The van der Waals surface area contributed by atoms with E-state index < -0.39 is 5.97 Å². The summed E-state index contributed by atoms with van der Waals surface area (Å²) in [7, 11) is 1.43. The summed E-state index contributed by atoms with van der Waals surface area (Å²) in [6, 6.07) is 1.38. The van der Waals surface area contributed by atoms with Gasteiger partial charge in [-0.25, -0.2) is 4.79 Å². The van der Waals surface area contributed by atoms with Gasteiger partial charge in [-0.2, -0.15) is 0 Å². The van der Waals surface area contributed by atoms with Gasteiger partial charge in [0.05, 0.1) is 24.0 Å². The second-order valence-electron chi connectivity index (χ2n) is 3.50. The van der Waals surface area contributed by atoms with Crippen LogP contribution in [0.5, 0.6) is 5.75 Å². The summed E-state index contributed by atoms with van der Waals surface area (Å²) in [4.78, 5) is 11.0. The maximum atomic E-state index is 11.0. The fourth-order valence-electron chi connectivity index (χ4n) is 1.75. The van der Waals surface area contributed by atoms with Crippen molar-refractivity contribution in [1.29, 1.82) is 0 Å². The van der Waals surface area contributed by atoms with Crippen LogP contribution in [0, 0.1) is 0 Å². The molecule has 2 rings (SSSR count). The fraction of sp³-hybridized carbons (Fsp3) is 0.300. The number of hydrogen-bond acceptors (Lipinski definition) is 4. The molecule has 0 saturated heterocycles. The molecule has 0 aromatic heterocycles. The molecule has 1 aromatic carbocycles. The Morgan fingerprint density at radius 2 is 2.12 bits per heavy atom. The minimum Gasteiger partial charge on any atom is -0.494 e. The fourth-order valence-corrected chi connectivity index (χ4v) is 2.01. The zero-order valence-corrected chi connectivity index (χ0v) is 9.55. The number of benzene rings is 1. The lowest BCUT2D eigenvalue weighted by Crippen LogP contribution is -2.16. The van der Waals surface area contributed by atoms with Gasteiger partial charge in [-0.1, -0.05) is 11.6 Å². The number of fused-ring (bicyclic) bond motifs is 1. The van der Waals surface area contributed by atoms with Crippen LogP contribution in [0.4, 0.5) is 11.4 Å². The summed E-state index contributed by atoms with van der Waals surface area (Å²) >= 11 is 5.99. The van der Waals surface area contributed by atoms with Crippen LogP contribution in [-0.2, 0) is 0 Å². The van der Waals surface area contributed by atoms with Crippen molar-refractivity contribution in [1.82, 2.24) is 0 Å². The number of carbonyl (C=O) groups is 1. The molecule has 1 unspecified atom stereocenters. The van der Waals surface area contributed by atoms with Gasteiger partial charge in [0, 0.05) is 0 Å². The number of anilines is 2. The summed E-state index contributed by atoms with van der Waals surface area (Å²) in [6.07, 6.45) is -0.00885. The van der Waals surface area contributed by atoms with Gasteiger partial charge < -0.3 is 20.5 Å². The van der Waals surface area contributed by atoms with E-state index in [1.165, 1.54) is 13.2 Å². The zero-order valence-electron chi connectivity index (χ0n) is 8.80. The Labute approximate surface area is 97.4 Å². The lowest BCUT2D eigenvalue weighted by molar-refractivity contribution is 0.0693. The summed E-state index contributed by atoms with van der Waals surface area (Å²) in [6.45, 7) is 1.90. The predicted octanol–water partition coefficient (Wildman–Crippen LogP) is 2.23. The third kappa shape index (κ3) is 1.53. The average molecular weight is 243 g/mol. The summed E-state index contributed by atoms with van der Waals surface area (Å²) in [5.74, 6) is -0.772. The number of methoxy groups -OCH3 is 1. The van der Waals surface area contributed by atoms with E-state index >= 15 is 0 Å². The first-order valence-corrected chi connectivity index (χ1v) is 5.09. The van der Waals surface area contributed by atoms with Gasteiger partial charge in [-0.05, 0) is 13.0 Å². The molecule has 0 radical (unpaired) electrons. The van der Waals surface area contributed by atoms with Crippen LogP contribution >= 0.6 is 11.6 Å². The second-order valence-corrected chi connectivity index (χ2v) is 3.91. The number of halogens is 1. The number of carboxylic acids is 1. The number of ether oxygens (including phenoxy) is 1. The molecule has 1 aliphatic heterocycles. The van der Waals surface area contributed by atoms with Gasteiger partial charge in [0.1, 0.15) is 11.3 Å². The molecule has 1 aliphatic rings. The van der Waals surface area contributed by atoms with E-state index in [0.29, 0.717) is 22.1 Å². The summed E-state index contributed by atoms with van der Waals surface area (Å²) in [5.41, 5.74) is 1.32. The molecule has 1 atom stereocenters. The average Bonchev–Trinajstić information content (AvgIpc) is 2.60. The smallest absolute Gasteiger partial charge is 0.339 e. The molecule has 0 fully saturated rings. The van der Waals surface area contributed by atoms with E-state index in [1.54, 1.807) is 0 Å². The molecule has 0 bridgehead atoms. The zero-order chi connectivity index (χ0) is 11.9. The minimum atomic E-state index is -1.07. The van der Waals surface area contributed by atoms with Crippen LogP contribution < -0.4 is 15.4 Å². The molecule has 0 saturated carbocycles. The summed E-state index contributed by atoms with van der Waals surface area (Å²) < 4.78 is 5.11. The molecule has 5 nitrogen and oxygen atoms in total. The standard InChI is InChI=1S/C10H11ClN2O3/c1-4-12-7-6(11)3-5(10(14)15)9(16-2)8(7)13-4/h3-4,12-13H,1-2H3,(H,14,15). The van der Waals surface area contributed by atoms with Crippen LogP contribution in [0.1, 0.15) is 17.3 Å². The lowest BCUT2D eigenvalue weighted by atomic mass is 10.1. The Morgan fingerprint density at radius 1 is 1.50 bits per heavy atom. The highest BCUT2D eigenvalue weighted by Gasteiger charge is 2.27. The molecule has 0 spiro atoms. The molecule has 3 N–H and O–H groups in total. The van der Waals surface area contributed by atoms with E-state index in [1.807, 2.05) is 6.92 Å². The van der Waals surface area contributed by atoms with Gasteiger partial charge in [0.2, 0.25) is 0 Å². The first-order valence-electron chi connectivity index (χ1n) is 4.71. The van der Waals surface area contributed by atoms with Crippen LogP contribution in [0.25, 0.3) is 0 Å². The largest absolute Gasteiger partial charge is 0.494 e. The topological polar surface area (TPSA) is 70.6 Å².